The lowest BCUT2D eigenvalue weighted by Crippen LogP contribution is -2.23. The Balaban J connectivity index is 3.59. The maximum absolute atomic E-state index is 11.1. The predicted octanol–water partition coefficient (Wildman–Crippen LogP) is 2.34. The highest BCUT2D eigenvalue weighted by atomic mass is 32.2. The fourth-order valence-electron chi connectivity index (χ4n) is 0.949. The van der Waals surface area contributed by atoms with Gasteiger partial charge < -0.3 is 9.47 Å². The Morgan fingerprint density at radius 1 is 1.40 bits per heavy atom. The van der Waals surface area contributed by atoms with Crippen molar-refractivity contribution in [2.75, 3.05) is 25.7 Å². The van der Waals surface area contributed by atoms with Gasteiger partial charge in [0.1, 0.15) is 0 Å². The lowest BCUT2D eigenvalue weighted by molar-refractivity contribution is -0.143. The summed E-state index contributed by atoms with van der Waals surface area (Å²) >= 11 is 1.77. The molecule has 90 valence electrons. The number of rotatable bonds is 7. The molecule has 1 unspecified atom stereocenters. The minimum absolute atomic E-state index is 0.0225. The van der Waals surface area contributed by atoms with E-state index in [9.17, 15) is 4.79 Å². The quantitative estimate of drug-likeness (QED) is 0.500. The highest BCUT2D eigenvalue weighted by Gasteiger charge is 2.17. The third-order valence-corrected chi connectivity index (χ3v) is 3.60. The molecule has 0 rings (SSSR count). The first-order valence-electron chi connectivity index (χ1n) is 5.13. The highest BCUT2D eigenvalue weighted by molar-refractivity contribution is 7.99. The van der Waals surface area contributed by atoms with Crippen LogP contribution in [0, 0.1) is 5.92 Å². The van der Waals surface area contributed by atoms with Gasteiger partial charge in [0.25, 0.3) is 0 Å². The molecule has 0 fully saturated rings. The molecule has 0 heterocycles. The topological polar surface area (TPSA) is 35.5 Å². The molecule has 0 radical (unpaired) electrons. The van der Waals surface area contributed by atoms with Gasteiger partial charge in [0.2, 0.25) is 0 Å². The van der Waals surface area contributed by atoms with Gasteiger partial charge in [-0.25, -0.2) is 0 Å². The van der Waals surface area contributed by atoms with Crippen LogP contribution in [0.15, 0.2) is 0 Å². The molecular formula is C11H22O3S. The third kappa shape index (κ3) is 6.79. The number of esters is 1. The molecule has 0 N–H and O–H groups in total. The van der Waals surface area contributed by atoms with Gasteiger partial charge >= 0.3 is 5.97 Å². The Labute approximate surface area is 96.9 Å². The zero-order valence-corrected chi connectivity index (χ0v) is 11.1. The van der Waals surface area contributed by atoms with Crippen LogP contribution in [0.1, 0.15) is 27.2 Å². The Hall–Kier alpha value is -0.220. The second-order valence-electron chi connectivity index (χ2n) is 4.21. The lowest BCUT2D eigenvalue weighted by Gasteiger charge is -2.22. The standard InChI is InChI=1S/C11H22O3S/c1-9(10(12)13-4)8-15-7-6-11(2,3)14-5/h9H,6-8H2,1-5H3. The maximum atomic E-state index is 11.1. The fraction of sp³-hybridized carbons (Fsp3) is 0.909. The van der Waals surface area contributed by atoms with E-state index >= 15 is 0 Å². The lowest BCUT2D eigenvalue weighted by atomic mass is 10.1. The van der Waals surface area contributed by atoms with Gasteiger partial charge in [-0.2, -0.15) is 11.8 Å². The van der Waals surface area contributed by atoms with E-state index in [0.29, 0.717) is 0 Å². The summed E-state index contributed by atoms with van der Waals surface area (Å²) in [7, 11) is 3.15. The van der Waals surface area contributed by atoms with Crippen LogP contribution in [-0.2, 0) is 14.3 Å². The third-order valence-electron chi connectivity index (χ3n) is 2.37. The number of hydrogen-bond donors (Lipinski definition) is 0. The zero-order valence-electron chi connectivity index (χ0n) is 10.3. The molecule has 4 heteroatoms. The summed E-state index contributed by atoms with van der Waals surface area (Å²) < 4.78 is 9.96. The molecule has 0 aliphatic rings. The number of ether oxygens (including phenoxy) is 2. The normalized spacial score (nSPS) is 13.7. The van der Waals surface area contributed by atoms with Crippen LogP contribution in [0.3, 0.4) is 0 Å². The number of carbonyl (C=O) groups excluding carboxylic acids is 1. The Morgan fingerprint density at radius 3 is 2.47 bits per heavy atom. The van der Waals surface area contributed by atoms with Gasteiger partial charge in [-0.05, 0) is 26.0 Å². The molecule has 0 bridgehead atoms. The summed E-state index contributed by atoms with van der Waals surface area (Å²) in [5, 5.41) is 0. The fourth-order valence-corrected chi connectivity index (χ4v) is 2.24. The Kier molecular flexibility index (Phi) is 7.02. The molecule has 1 atom stereocenters. The van der Waals surface area contributed by atoms with E-state index in [1.807, 2.05) is 6.92 Å². The van der Waals surface area contributed by atoms with Crippen molar-refractivity contribution < 1.29 is 14.3 Å². The maximum Gasteiger partial charge on any atom is 0.309 e. The smallest absolute Gasteiger partial charge is 0.309 e. The largest absolute Gasteiger partial charge is 0.469 e. The molecule has 0 saturated carbocycles. The van der Waals surface area contributed by atoms with Crippen molar-refractivity contribution in [2.45, 2.75) is 32.8 Å². The van der Waals surface area contributed by atoms with Crippen molar-refractivity contribution in [1.82, 2.24) is 0 Å². The van der Waals surface area contributed by atoms with E-state index in [2.05, 4.69) is 18.6 Å². The number of hydrogen-bond acceptors (Lipinski definition) is 4. The first-order chi connectivity index (χ1) is 6.93. The average molecular weight is 234 g/mol. The van der Waals surface area contributed by atoms with Crippen molar-refractivity contribution in [3.8, 4) is 0 Å². The minimum atomic E-state index is -0.131. The first kappa shape index (κ1) is 14.8. The molecule has 0 aliphatic carbocycles. The van der Waals surface area contributed by atoms with Crippen LogP contribution in [0.4, 0.5) is 0 Å². The molecule has 0 aromatic rings. The van der Waals surface area contributed by atoms with Crippen LogP contribution in [-0.4, -0.2) is 37.3 Å². The summed E-state index contributed by atoms with van der Waals surface area (Å²) in [4.78, 5) is 11.1. The van der Waals surface area contributed by atoms with E-state index in [1.54, 1.807) is 18.9 Å². The molecule has 15 heavy (non-hydrogen) atoms. The Morgan fingerprint density at radius 2 is 2.00 bits per heavy atom. The SMILES string of the molecule is COC(=O)C(C)CSCCC(C)(C)OC. The van der Waals surface area contributed by atoms with E-state index in [4.69, 9.17) is 4.74 Å². The average Bonchev–Trinajstić information content (AvgIpc) is 2.22. The Bertz CT molecular complexity index is 192. The highest BCUT2D eigenvalue weighted by Crippen LogP contribution is 2.18. The van der Waals surface area contributed by atoms with E-state index in [1.165, 1.54) is 7.11 Å². The second kappa shape index (κ2) is 7.12. The van der Waals surface area contributed by atoms with Gasteiger partial charge in [0.05, 0.1) is 18.6 Å². The molecule has 3 nitrogen and oxygen atoms in total. The molecule has 0 aromatic heterocycles. The van der Waals surface area contributed by atoms with Crippen LogP contribution < -0.4 is 0 Å². The molecule has 0 aromatic carbocycles. The summed E-state index contributed by atoms with van der Waals surface area (Å²) in [6, 6.07) is 0. The van der Waals surface area contributed by atoms with Crippen molar-refractivity contribution >= 4 is 17.7 Å². The molecular weight excluding hydrogens is 212 g/mol. The summed E-state index contributed by atoms with van der Waals surface area (Å²) in [5.74, 6) is 1.66. The van der Waals surface area contributed by atoms with Gasteiger partial charge in [-0.3, -0.25) is 4.79 Å². The monoisotopic (exact) mass is 234 g/mol. The van der Waals surface area contributed by atoms with E-state index in [0.717, 1.165) is 17.9 Å². The van der Waals surface area contributed by atoms with Gasteiger partial charge in [0.15, 0.2) is 0 Å². The second-order valence-corrected chi connectivity index (χ2v) is 5.36. The van der Waals surface area contributed by atoms with E-state index in [-0.39, 0.29) is 17.5 Å². The summed E-state index contributed by atoms with van der Waals surface area (Å²) in [5.41, 5.74) is -0.0680. The molecule has 0 aliphatic heterocycles. The van der Waals surface area contributed by atoms with E-state index < -0.39 is 0 Å². The van der Waals surface area contributed by atoms with Crippen molar-refractivity contribution in [3.05, 3.63) is 0 Å². The summed E-state index contributed by atoms with van der Waals surface area (Å²) in [6.45, 7) is 6.02. The van der Waals surface area contributed by atoms with Crippen LogP contribution in [0.2, 0.25) is 0 Å². The van der Waals surface area contributed by atoms with Crippen molar-refractivity contribution in [3.63, 3.8) is 0 Å². The van der Waals surface area contributed by atoms with Crippen LogP contribution in [0.5, 0.6) is 0 Å². The van der Waals surface area contributed by atoms with Crippen molar-refractivity contribution in [1.29, 1.82) is 0 Å². The number of methoxy groups -OCH3 is 2. The summed E-state index contributed by atoms with van der Waals surface area (Å²) in [6.07, 6.45) is 0.988. The van der Waals surface area contributed by atoms with Gasteiger partial charge in [0, 0.05) is 12.9 Å². The molecule has 0 amide bonds. The van der Waals surface area contributed by atoms with Crippen LogP contribution in [0.25, 0.3) is 0 Å². The van der Waals surface area contributed by atoms with Crippen molar-refractivity contribution in [2.24, 2.45) is 5.92 Å². The first-order valence-corrected chi connectivity index (χ1v) is 6.29. The minimum Gasteiger partial charge on any atom is -0.469 e. The molecule has 0 spiro atoms. The zero-order chi connectivity index (χ0) is 11.9. The van der Waals surface area contributed by atoms with Crippen LogP contribution >= 0.6 is 11.8 Å². The van der Waals surface area contributed by atoms with Gasteiger partial charge in [-0.15, -0.1) is 0 Å². The molecule has 0 saturated heterocycles. The number of thioether (sulfide) groups is 1. The van der Waals surface area contributed by atoms with Gasteiger partial charge in [-0.1, -0.05) is 6.92 Å². The number of carbonyl (C=O) groups is 1. The predicted molar refractivity (Wildman–Crippen MR) is 64.2 cm³/mol.